The molecular formula is C16H28. The summed E-state index contributed by atoms with van der Waals surface area (Å²) in [5, 5.41) is 0. The van der Waals surface area contributed by atoms with Gasteiger partial charge in [-0.15, -0.1) is 0 Å². The van der Waals surface area contributed by atoms with Gasteiger partial charge < -0.3 is 0 Å². The molecule has 0 saturated heterocycles. The molecule has 0 heteroatoms. The number of rotatable bonds is 2. The van der Waals surface area contributed by atoms with E-state index in [0.29, 0.717) is 5.92 Å². The third-order valence-electron chi connectivity index (χ3n) is 2.99. The highest BCUT2D eigenvalue weighted by Gasteiger charge is 2.17. The zero-order valence-electron chi connectivity index (χ0n) is 11.0. The first-order valence-corrected chi connectivity index (χ1v) is 5.99. The van der Waals surface area contributed by atoms with E-state index in [0.717, 1.165) is 6.42 Å². The predicted octanol–water partition coefficient (Wildman–Crippen LogP) is 5.31. The van der Waals surface area contributed by atoms with Crippen LogP contribution in [0.25, 0.3) is 0 Å². The first-order valence-electron chi connectivity index (χ1n) is 5.99. The number of hydrogen-bond donors (Lipinski definition) is 0. The van der Waals surface area contributed by atoms with E-state index >= 15 is 0 Å². The fraction of sp³-hybridized carbons (Fsp3) is 0.625. The molecule has 0 N–H and O–H groups in total. The van der Waals surface area contributed by atoms with Crippen LogP contribution in [0.1, 0.15) is 71.6 Å². The van der Waals surface area contributed by atoms with Gasteiger partial charge in [-0.1, -0.05) is 67.2 Å². The van der Waals surface area contributed by atoms with Crippen LogP contribution in [0.5, 0.6) is 0 Å². The van der Waals surface area contributed by atoms with Gasteiger partial charge in [-0.2, -0.15) is 0 Å². The molecule has 1 aromatic carbocycles. The van der Waals surface area contributed by atoms with Crippen LogP contribution in [-0.4, -0.2) is 0 Å². The fourth-order valence-electron chi connectivity index (χ4n) is 1.96. The van der Waals surface area contributed by atoms with Crippen LogP contribution in [0, 0.1) is 0 Å². The van der Waals surface area contributed by atoms with Crippen molar-refractivity contribution in [2.75, 3.05) is 0 Å². The molecular weight excluding hydrogens is 192 g/mol. The molecule has 0 spiro atoms. The summed E-state index contributed by atoms with van der Waals surface area (Å²) in [7, 11) is 0. The molecule has 0 aliphatic carbocycles. The van der Waals surface area contributed by atoms with Crippen molar-refractivity contribution in [2.24, 2.45) is 0 Å². The van der Waals surface area contributed by atoms with Crippen LogP contribution < -0.4 is 0 Å². The summed E-state index contributed by atoms with van der Waals surface area (Å²) in [5.74, 6) is 0.622. The van der Waals surface area contributed by atoms with Crippen LogP contribution in [-0.2, 0) is 11.8 Å². The Kier molecular flexibility index (Phi) is 5.25. The van der Waals surface area contributed by atoms with E-state index in [2.05, 4.69) is 59.7 Å². The van der Waals surface area contributed by atoms with Crippen molar-refractivity contribution in [3.05, 3.63) is 34.9 Å². The van der Waals surface area contributed by atoms with Crippen LogP contribution >= 0.6 is 0 Å². The highest BCUT2D eigenvalue weighted by Crippen LogP contribution is 2.29. The zero-order chi connectivity index (χ0) is 11.6. The Balaban J connectivity index is 0.00000225. The molecule has 16 heavy (non-hydrogen) atoms. The molecule has 0 aromatic heterocycles. The largest absolute Gasteiger partial charge is 0.0776 e. The number of benzene rings is 1. The second kappa shape index (κ2) is 5.52. The lowest BCUT2D eigenvalue weighted by molar-refractivity contribution is 0.581. The summed E-state index contributed by atoms with van der Waals surface area (Å²) in [4.78, 5) is 0. The lowest BCUT2D eigenvalue weighted by Gasteiger charge is -2.24. The average Bonchev–Trinajstić information content (AvgIpc) is 2.15. The van der Waals surface area contributed by atoms with E-state index in [1.54, 1.807) is 0 Å². The molecule has 0 bridgehead atoms. The minimum absolute atomic E-state index is 0. The van der Waals surface area contributed by atoms with Crippen molar-refractivity contribution >= 4 is 0 Å². The molecule has 0 atom stereocenters. The van der Waals surface area contributed by atoms with Crippen molar-refractivity contribution in [1.29, 1.82) is 0 Å². The minimum Gasteiger partial charge on any atom is -0.0776 e. The van der Waals surface area contributed by atoms with Gasteiger partial charge in [-0.3, -0.25) is 0 Å². The maximum atomic E-state index is 2.39. The average molecular weight is 220 g/mol. The van der Waals surface area contributed by atoms with Gasteiger partial charge in [0, 0.05) is 0 Å². The summed E-state index contributed by atoms with van der Waals surface area (Å²) < 4.78 is 0. The lowest BCUT2D eigenvalue weighted by atomic mass is 9.81. The molecule has 0 amide bonds. The van der Waals surface area contributed by atoms with Gasteiger partial charge in [0.1, 0.15) is 0 Å². The van der Waals surface area contributed by atoms with Gasteiger partial charge in [-0.05, 0) is 34.4 Å². The Morgan fingerprint density at radius 2 is 1.69 bits per heavy atom. The second-order valence-corrected chi connectivity index (χ2v) is 5.67. The van der Waals surface area contributed by atoms with E-state index in [4.69, 9.17) is 0 Å². The molecule has 0 nitrogen and oxygen atoms in total. The first-order chi connectivity index (χ1) is 6.86. The first kappa shape index (κ1) is 15.2. The van der Waals surface area contributed by atoms with E-state index in [9.17, 15) is 0 Å². The molecule has 0 unspecified atom stereocenters. The predicted molar refractivity (Wildman–Crippen MR) is 75.3 cm³/mol. The summed E-state index contributed by atoms with van der Waals surface area (Å²) in [6.45, 7) is 13.6. The van der Waals surface area contributed by atoms with Crippen LogP contribution in [0.2, 0.25) is 0 Å². The topological polar surface area (TPSA) is 0 Å². The molecule has 0 fully saturated rings. The van der Waals surface area contributed by atoms with Crippen molar-refractivity contribution in [1.82, 2.24) is 0 Å². The second-order valence-electron chi connectivity index (χ2n) is 5.67. The van der Waals surface area contributed by atoms with Crippen LogP contribution in [0.3, 0.4) is 0 Å². The minimum atomic E-state index is 0. The van der Waals surface area contributed by atoms with Crippen molar-refractivity contribution in [2.45, 2.75) is 66.7 Å². The van der Waals surface area contributed by atoms with Crippen LogP contribution in [0.15, 0.2) is 18.2 Å². The number of hydrogen-bond acceptors (Lipinski definition) is 0. The highest BCUT2D eigenvalue weighted by atomic mass is 14.2. The van der Waals surface area contributed by atoms with Crippen molar-refractivity contribution < 1.29 is 0 Å². The third kappa shape index (κ3) is 3.37. The summed E-state index contributed by atoms with van der Waals surface area (Å²) in [6.07, 6.45) is 1.13. The van der Waals surface area contributed by atoms with Gasteiger partial charge in [0.25, 0.3) is 0 Å². The Labute approximate surface area is 102 Å². The molecule has 1 rings (SSSR count). The van der Waals surface area contributed by atoms with Crippen molar-refractivity contribution in [3.63, 3.8) is 0 Å². The molecule has 0 aliphatic heterocycles. The lowest BCUT2D eigenvalue weighted by Crippen LogP contribution is -2.14. The molecule has 1 aromatic rings. The maximum Gasteiger partial charge on any atom is -0.0129 e. The molecule has 92 valence electrons. The molecule has 0 heterocycles. The quantitative estimate of drug-likeness (QED) is 0.634. The molecule has 0 saturated carbocycles. The Morgan fingerprint density at radius 1 is 1.12 bits per heavy atom. The van der Waals surface area contributed by atoms with E-state index in [-0.39, 0.29) is 12.8 Å². The monoisotopic (exact) mass is 220 g/mol. The standard InChI is InChI=1S/C15H24.CH4/c1-7-12-8-9-13(11(2)3)10-14(12)15(4,5)6;/h8-11H,7H2,1-6H3;1H4. The summed E-state index contributed by atoms with van der Waals surface area (Å²) in [6, 6.07) is 6.97. The summed E-state index contributed by atoms with van der Waals surface area (Å²) >= 11 is 0. The Morgan fingerprint density at radius 3 is 2.06 bits per heavy atom. The van der Waals surface area contributed by atoms with E-state index < -0.39 is 0 Å². The number of aryl methyl sites for hydroxylation is 1. The molecule has 0 aliphatic rings. The van der Waals surface area contributed by atoms with Crippen LogP contribution in [0.4, 0.5) is 0 Å². The maximum absolute atomic E-state index is 2.39. The van der Waals surface area contributed by atoms with Gasteiger partial charge in [0.15, 0.2) is 0 Å². The van der Waals surface area contributed by atoms with Gasteiger partial charge >= 0.3 is 0 Å². The smallest absolute Gasteiger partial charge is 0.0129 e. The fourth-order valence-corrected chi connectivity index (χ4v) is 1.96. The Hall–Kier alpha value is -0.780. The normalized spacial score (nSPS) is 11.4. The molecule has 0 radical (unpaired) electrons. The van der Waals surface area contributed by atoms with E-state index in [1.807, 2.05) is 0 Å². The SMILES string of the molecule is C.CCc1ccc(C(C)C)cc1C(C)(C)C. The Bertz CT molecular complexity index is 326. The van der Waals surface area contributed by atoms with Gasteiger partial charge in [0.2, 0.25) is 0 Å². The van der Waals surface area contributed by atoms with E-state index in [1.165, 1.54) is 16.7 Å². The third-order valence-corrected chi connectivity index (χ3v) is 2.99. The van der Waals surface area contributed by atoms with Gasteiger partial charge in [0.05, 0.1) is 0 Å². The van der Waals surface area contributed by atoms with Gasteiger partial charge in [-0.25, -0.2) is 0 Å². The summed E-state index contributed by atoms with van der Waals surface area (Å²) in [5.41, 5.74) is 4.72. The van der Waals surface area contributed by atoms with Crippen molar-refractivity contribution in [3.8, 4) is 0 Å². The highest BCUT2D eigenvalue weighted by molar-refractivity contribution is 5.37. The zero-order valence-corrected chi connectivity index (χ0v) is 11.0.